The van der Waals surface area contributed by atoms with Crippen LogP contribution in [0.4, 0.5) is 11.4 Å². The van der Waals surface area contributed by atoms with Crippen LogP contribution in [-0.4, -0.2) is 31.9 Å². The molecular formula is C29H34ClN3O. The molecule has 4 rings (SSSR count). The van der Waals surface area contributed by atoms with Gasteiger partial charge in [0.05, 0.1) is 5.71 Å². The summed E-state index contributed by atoms with van der Waals surface area (Å²) in [5.41, 5.74) is 6.39. The van der Waals surface area contributed by atoms with E-state index in [-0.39, 0.29) is 12.3 Å². The van der Waals surface area contributed by atoms with Crippen molar-refractivity contribution in [3.05, 3.63) is 94.5 Å². The number of rotatable bonds is 9. The molecule has 0 aromatic heterocycles. The van der Waals surface area contributed by atoms with Crippen LogP contribution in [0.2, 0.25) is 5.02 Å². The fourth-order valence-electron chi connectivity index (χ4n) is 4.58. The first-order chi connectivity index (χ1) is 16.6. The highest BCUT2D eigenvalue weighted by atomic mass is 35.5. The van der Waals surface area contributed by atoms with Gasteiger partial charge in [0, 0.05) is 53.7 Å². The summed E-state index contributed by atoms with van der Waals surface area (Å²) in [5.74, 6) is 0. The van der Waals surface area contributed by atoms with Crippen LogP contribution < -0.4 is 9.80 Å². The zero-order valence-corrected chi connectivity index (χ0v) is 21.3. The second-order valence-corrected chi connectivity index (χ2v) is 8.79. The molecule has 1 aliphatic rings. The Bertz CT molecular complexity index is 1100. The summed E-state index contributed by atoms with van der Waals surface area (Å²) >= 11 is 6.60. The summed E-state index contributed by atoms with van der Waals surface area (Å²) in [4.78, 5) is 9.73. The predicted molar refractivity (Wildman–Crippen MR) is 145 cm³/mol. The lowest BCUT2D eigenvalue weighted by molar-refractivity contribution is 0.0497. The van der Waals surface area contributed by atoms with E-state index in [1.807, 2.05) is 24.3 Å². The van der Waals surface area contributed by atoms with Crippen molar-refractivity contribution in [3.63, 3.8) is 0 Å². The van der Waals surface area contributed by atoms with E-state index in [1.165, 1.54) is 11.4 Å². The normalized spacial score (nSPS) is 17.5. The molecule has 0 saturated carbocycles. The summed E-state index contributed by atoms with van der Waals surface area (Å²) in [6.45, 7) is 12.6. The Morgan fingerprint density at radius 2 is 1.26 bits per heavy atom. The van der Waals surface area contributed by atoms with Crippen molar-refractivity contribution < 1.29 is 4.74 Å². The number of nitrogens with zero attached hydrogens (tertiary/aromatic N) is 3. The van der Waals surface area contributed by atoms with Gasteiger partial charge in [0.25, 0.3) is 0 Å². The van der Waals surface area contributed by atoms with Crippen molar-refractivity contribution in [2.45, 2.75) is 40.0 Å². The molecule has 0 saturated heterocycles. The lowest BCUT2D eigenvalue weighted by Crippen LogP contribution is -2.21. The first kappa shape index (κ1) is 24.3. The topological polar surface area (TPSA) is 28.1 Å². The molecule has 0 radical (unpaired) electrons. The van der Waals surface area contributed by atoms with Gasteiger partial charge in [0.1, 0.15) is 6.10 Å². The number of halogens is 1. The average molecular weight is 476 g/mol. The van der Waals surface area contributed by atoms with Crippen LogP contribution in [0.15, 0.2) is 77.8 Å². The van der Waals surface area contributed by atoms with E-state index in [4.69, 9.17) is 21.3 Å². The summed E-state index contributed by atoms with van der Waals surface area (Å²) in [7, 11) is 0. The Balaban J connectivity index is 1.68. The van der Waals surface area contributed by atoms with Crippen LogP contribution in [0, 0.1) is 0 Å². The molecule has 0 N–H and O–H groups in total. The smallest absolute Gasteiger partial charge is 0.175 e. The number of anilines is 2. The quantitative estimate of drug-likeness (QED) is 0.325. The molecule has 0 aliphatic carbocycles. The van der Waals surface area contributed by atoms with Gasteiger partial charge in [-0.2, -0.15) is 0 Å². The van der Waals surface area contributed by atoms with Gasteiger partial charge in [-0.05, 0) is 63.6 Å². The minimum absolute atomic E-state index is 0.319. The molecular weight excluding hydrogens is 442 g/mol. The predicted octanol–water partition coefficient (Wildman–Crippen LogP) is 7.29. The Morgan fingerprint density at radius 3 is 1.79 bits per heavy atom. The molecule has 2 unspecified atom stereocenters. The first-order valence-electron chi connectivity index (χ1n) is 12.3. The van der Waals surface area contributed by atoms with Crippen LogP contribution in [0.3, 0.4) is 0 Å². The summed E-state index contributed by atoms with van der Waals surface area (Å²) in [6, 6.07) is 25.1. The highest BCUT2D eigenvalue weighted by Crippen LogP contribution is 2.40. The minimum atomic E-state index is -0.371. The van der Waals surface area contributed by atoms with Crippen LogP contribution in [0.5, 0.6) is 0 Å². The number of hydrogen-bond acceptors (Lipinski definition) is 4. The molecule has 1 heterocycles. The molecule has 2 atom stereocenters. The van der Waals surface area contributed by atoms with Gasteiger partial charge in [-0.25, -0.2) is 0 Å². The molecule has 5 heteroatoms. The molecule has 0 amide bonds. The first-order valence-corrected chi connectivity index (χ1v) is 12.6. The fraction of sp³-hybridized carbons (Fsp3) is 0.345. The highest BCUT2D eigenvalue weighted by Gasteiger charge is 2.33. The third-order valence-corrected chi connectivity index (χ3v) is 6.90. The third-order valence-electron chi connectivity index (χ3n) is 6.56. The van der Waals surface area contributed by atoms with E-state index >= 15 is 0 Å². The van der Waals surface area contributed by atoms with E-state index in [2.05, 4.69) is 86.0 Å². The van der Waals surface area contributed by atoms with Gasteiger partial charge < -0.3 is 14.5 Å². The molecule has 0 bridgehead atoms. The van der Waals surface area contributed by atoms with Gasteiger partial charge in [0.15, 0.2) is 6.23 Å². The fourth-order valence-corrected chi connectivity index (χ4v) is 4.81. The van der Waals surface area contributed by atoms with Crippen molar-refractivity contribution in [2.24, 2.45) is 4.99 Å². The number of hydrogen-bond donors (Lipinski definition) is 0. The molecule has 4 nitrogen and oxygen atoms in total. The number of ether oxygens (including phenoxy) is 1. The highest BCUT2D eigenvalue weighted by molar-refractivity contribution is 6.31. The average Bonchev–Trinajstić information content (AvgIpc) is 3.32. The Hall–Kier alpha value is -2.82. The lowest BCUT2D eigenvalue weighted by Gasteiger charge is -2.22. The van der Waals surface area contributed by atoms with Gasteiger partial charge in [-0.15, -0.1) is 0 Å². The molecule has 0 spiro atoms. The maximum Gasteiger partial charge on any atom is 0.175 e. The van der Waals surface area contributed by atoms with Gasteiger partial charge in [-0.3, -0.25) is 4.99 Å². The van der Waals surface area contributed by atoms with Crippen LogP contribution in [0.25, 0.3) is 0 Å². The zero-order valence-electron chi connectivity index (χ0n) is 20.5. The van der Waals surface area contributed by atoms with Crippen molar-refractivity contribution in [3.8, 4) is 0 Å². The van der Waals surface area contributed by atoms with Crippen molar-refractivity contribution >= 4 is 28.7 Å². The van der Waals surface area contributed by atoms with Gasteiger partial charge >= 0.3 is 0 Å². The van der Waals surface area contributed by atoms with E-state index < -0.39 is 0 Å². The Kier molecular flexibility index (Phi) is 7.91. The molecule has 0 fully saturated rings. The number of benzene rings is 3. The van der Waals surface area contributed by atoms with Crippen molar-refractivity contribution in [2.75, 3.05) is 36.0 Å². The zero-order chi connectivity index (χ0) is 24.1. The molecule has 178 valence electrons. The Morgan fingerprint density at radius 1 is 0.735 bits per heavy atom. The maximum atomic E-state index is 6.60. The molecule has 1 aliphatic heterocycles. The summed E-state index contributed by atoms with van der Waals surface area (Å²) in [5, 5.41) is 0.692. The van der Waals surface area contributed by atoms with Crippen LogP contribution in [-0.2, 0) is 4.74 Å². The Labute approximate surface area is 208 Å². The molecule has 34 heavy (non-hydrogen) atoms. The molecule has 3 aromatic rings. The van der Waals surface area contributed by atoms with Gasteiger partial charge in [-0.1, -0.05) is 54.1 Å². The summed E-state index contributed by atoms with van der Waals surface area (Å²) in [6.07, 6.45) is -0.690. The second kappa shape index (κ2) is 11.1. The maximum absolute atomic E-state index is 6.60. The van der Waals surface area contributed by atoms with Crippen LogP contribution in [0.1, 0.15) is 56.7 Å². The SMILES string of the molecule is CCN(CC)c1ccc(C2=NC(c3ccc(N(CC)CC)cc3)OC2c2ccccc2Cl)cc1. The monoisotopic (exact) mass is 475 g/mol. The standard InChI is InChI=1S/C29H34ClN3O/c1-5-32(6-2)23-17-13-21(14-18-23)27-28(25-11-9-10-12-26(25)30)34-29(31-27)22-15-19-24(20-16-22)33(7-3)8-4/h9-20,28-29H,5-8H2,1-4H3. The summed E-state index contributed by atoms with van der Waals surface area (Å²) < 4.78 is 6.54. The minimum Gasteiger partial charge on any atom is -0.372 e. The van der Waals surface area contributed by atoms with E-state index in [0.29, 0.717) is 5.02 Å². The molecule has 3 aromatic carbocycles. The lowest BCUT2D eigenvalue weighted by atomic mass is 9.99. The van der Waals surface area contributed by atoms with E-state index in [9.17, 15) is 0 Å². The van der Waals surface area contributed by atoms with E-state index in [0.717, 1.165) is 48.6 Å². The second-order valence-electron chi connectivity index (χ2n) is 8.39. The van der Waals surface area contributed by atoms with Crippen LogP contribution >= 0.6 is 11.6 Å². The number of aliphatic imine (C=N–C) groups is 1. The van der Waals surface area contributed by atoms with Crippen molar-refractivity contribution in [1.82, 2.24) is 0 Å². The largest absolute Gasteiger partial charge is 0.372 e. The van der Waals surface area contributed by atoms with E-state index in [1.54, 1.807) is 0 Å². The van der Waals surface area contributed by atoms with Gasteiger partial charge in [0.2, 0.25) is 0 Å². The van der Waals surface area contributed by atoms with Crippen molar-refractivity contribution in [1.29, 1.82) is 0 Å². The third kappa shape index (κ3) is 4.98.